The molecule has 0 fully saturated rings. The van der Waals surface area contributed by atoms with Crippen molar-refractivity contribution in [3.63, 3.8) is 0 Å². The maximum absolute atomic E-state index is 13.1. The average molecular weight is 245 g/mol. The molecule has 3 rings (SSSR count). The van der Waals surface area contributed by atoms with Crippen LogP contribution >= 0.6 is 0 Å². The van der Waals surface area contributed by atoms with Crippen molar-refractivity contribution in [2.45, 2.75) is 0 Å². The number of nitrogen functional groups attached to an aromatic ring is 1. The third kappa shape index (κ3) is 1.69. The minimum atomic E-state index is -0.464. The maximum Gasteiger partial charge on any atom is 0.146 e. The molecule has 3 nitrogen and oxygen atoms in total. The van der Waals surface area contributed by atoms with Gasteiger partial charge in [-0.25, -0.2) is 13.8 Å². The standard InChI is InChI=1S/C13H9F2N3/c14-9-2-4-13-17-12(7-18(13)6-9)8-1-3-10(15)11(16)5-8/h1-7H,16H2. The van der Waals surface area contributed by atoms with E-state index in [-0.39, 0.29) is 11.5 Å². The number of benzene rings is 1. The number of hydrogen-bond acceptors (Lipinski definition) is 2. The number of hydrogen-bond donors (Lipinski definition) is 1. The lowest BCUT2D eigenvalue weighted by Gasteiger charge is -1.99. The fraction of sp³-hybridized carbons (Fsp3) is 0. The molecule has 3 aromatic rings. The number of imidazole rings is 1. The molecule has 90 valence electrons. The van der Waals surface area contributed by atoms with Crippen LogP contribution in [-0.4, -0.2) is 9.38 Å². The molecule has 0 aliphatic rings. The number of rotatable bonds is 1. The predicted molar refractivity (Wildman–Crippen MR) is 65.0 cm³/mol. The van der Waals surface area contributed by atoms with Crippen molar-refractivity contribution in [2.24, 2.45) is 0 Å². The Hall–Kier alpha value is -2.43. The Balaban J connectivity index is 2.16. The lowest BCUT2D eigenvalue weighted by Crippen LogP contribution is -1.90. The van der Waals surface area contributed by atoms with E-state index in [0.717, 1.165) is 0 Å². The van der Waals surface area contributed by atoms with Crippen LogP contribution in [0.2, 0.25) is 0 Å². The Labute approximate surface area is 101 Å². The first-order chi connectivity index (χ1) is 8.63. The second-order valence-electron chi connectivity index (χ2n) is 3.98. The van der Waals surface area contributed by atoms with E-state index in [1.807, 2.05) is 0 Å². The first-order valence-corrected chi connectivity index (χ1v) is 5.33. The zero-order valence-corrected chi connectivity index (χ0v) is 9.27. The van der Waals surface area contributed by atoms with Crippen LogP contribution in [0.1, 0.15) is 0 Å². The topological polar surface area (TPSA) is 43.3 Å². The molecule has 0 bridgehead atoms. The Bertz CT molecular complexity index is 734. The Morgan fingerprint density at radius 2 is 1.89 bits per heavy atom. The van der Waals surface area contributed by atoms with Crippen molar-refractivity contribution >= 4 is 11.3 Å². The summed E-state index contributed by atoms with van der Waals surface area (Å²) in [5, 5.41) is 0. The zero-order chi connectivity index (χ0) is 12.7. The molecule has 2 heterocycles. The number of nitrogens with two attached hydrogens (primary N) is 1. The summed E-state index contributed by atoms with van der Waals surface area (Å²) in [5.74, 6) is -0.807. The molecule has 0 saturated carbocycles. The van der Waals surface area contributed by atoms with Gasteiger partial charge in [-0.2, -0.15) is 0 Å². The van der Waals surface area contributed by atoms with Gasteiger partial charge in [-0.05, 0) is 30.3 Å². The van der Waals surface area contributed by atoms with E-state index in [0.29, 0.717) is 16.9 Å². The van der Waals surface area contributed by atoms with Gasteiger partial charge in [0.15, 0.2) is 0 Å². The lowest BCUT2D eigenvalue weighted by molar-refractivity contribution is 0.619. The van der Waals surface area contributed by atoms with Crippen LogP contribution in [0.25, 0.3) is 16.9 Å². The summed E-state index contributed by atoms with van der Waals surface area (Å²) in [6, 6.07) is 7.30. The molecule has 2 aromatic heterocycles. The number of anilines is 1. The van der Waals surface area contributed by atoms with Gasteiger partial charge in [0.25, 0.3) is 0 Å². The first-order valence-electron chi connectivity index (χ1n) is 5.33. The first kappa shape index (κ1) is 10.7. The predicted octanol–water partition coefficient (Wildman–Crippen LogP) is 2.86. The van der Waals surface area contributed by atoms with Gasteiger partial charge in [0.1, 0.15) is 17.3 Å². The number of halogens is 2. The maximum atomic E-state index is 13.1. The number of fused-ring (bicyclic) bond motifs is 1. The third-order valence-electron chi connectivity index (χ3n) is 2.71. The Morgan fingerprint density at radius 3 is 2.67 bits per heavy atom. The fourth-order valence-electron chi connectivity index (χ4n) is 1.81. The molecule has 2 N–H and O–H groups in total. The molecule has 18 heavy (non-hydrogen) atoms. The molecule has 0 unspecified atom stereocenters. The highest BCUT2D eigenvalue weighted by Gasteiger charge is 2.07. The summed E-state index contributed by atoms with van der Waals surface area (Å²) in [6.07, 6.45) is 3.00. The van der Waals surface area contributed by atoms with Crippen molar-refractivity contribution < 1.29 is 8.78 Å². The van der Waals surface area contributed by atoms with Gasteiger partial charge in [0.05, 0.1) is 11.4 Å². The van der Waals surface area contributed by atoms with Crippen molar-refractivity contribution in [1.29, 1.82) is 0 Å². The number of pyridine rings is 1. The SMILES string of the molecule is Nc1cc(-c2cn3cc(F)ccc3n2)ccc1F. The smallest absolute Gasteiger partial charge is 0.146 e. The highest BCUT2D eigenvalue weighted by atomic mass is 19.1. The van der Waals surface area contributed by atoms with Gasteiger partial charge in [-0.3, -0.25) is 0 Å². The summed E-state index contributed by atoms with van der Waals surface area (Å²) >= 11 is 0. The molecule has 0 amide bonds. The lowest BCUT2D eigenvalue weighted by atomic mass is 10.1. The van der Waals surface area contributed by atoms with E-state index in [9.17, 15) is 8.78 Å². The van der Waals surface area contributed by atoms with Gasteiger partial charge >= 0.3 is 0 Å². The largest absolute Gasteiger partial charge is 0.396 e. The van der Waals surface area contributed by atoms with E-state index in [2.05, 4.69) is 4.98 Å². The Morgan fingerprint density at radius 1 is 1.06 bits per heavy atom. The molecule has 0 spiro atoms. The molecule has 0 saturated heterocycles. The van der Waals surface area contributed by atoms with Crippen LogP contribution in [0, 0.1) is 11.6 Å². The zero-order valence-electron chi connectivity index (χ0n) is 9.27. The van der Waals surface area contributed by atoms with Crippen molar-refractivity contribution in [3.8, 4) is 11.3 Å². The average Bonchev–Trinajstić information content (AvgIpc) is 2.75. The monoisotopic (exact) mass is 245 g/mol. The van der Waals surface area contributed by atoms with Gasteiger partial charge in [-0.1, -0.05) is 0 Å². The van der Waals surface area contributed by atoms with E-state index >= 15 is 0 Å². The molecule has 0 aliphatic carbocycles. The molecular weight excluding hydrogens is 236 g/mol. The fourth-order valence-corrected chi connectivity index (χ4v) is 1.81. The molecule has 0 atom stereocenters. The second kappa shape index (κ2) is 3.80. The van der Waals surface area contributed by atoms with Crippen LogP contribution in [-0.2, 0) is 0 Å². The van der Waals surface area contributed by atoms with Crippen molar-refractivity contribution in [3.05, 3.63) is 54.4 Å². The molecular formula is C13H9F2N3. The van der Waals surface area contributed by atoms with E-state index in [1.165, 1.54) is 24.4 Å². The van der Waals surface area contributed by atoms with E-state index in [1.54, 1.807) is 22.7 Å². The van der Waals surface area contributed by atoms with E-state index in [4.69, 9.17) is 5.73 Å². The molecule has 5 heteroatoms. The van der Waals surface area contributed by atoms with Crippen LogP contribution in [0.5, 0.6) is 0 Å². The van der Waals surface area contributed by atoms with Crippen LogP contribution in [0.4, 0.5) is 14.5 Å². The second-order valence-corrected chi connectivity index (χ2v) is 3.98. The summed E-state index contributed by atoms with van der Waals surface area (Å²) in [6.45, 7) is 0. The summed E-state index contributed by atoms with van der Waals surface area (Å²) in [7, 11) is 0. The van der Waals surface area contributed by atoms with Gasteiger partial charge in [-0.15, -0.1) is 0 Å². The summed E-state index contributed by atoms with van der Waals surface area (Å²) in [5.41, 5.74) is 7.50. The summed E-state index contributed by atoms with van der Waals surface area (Å²) < 4.78 is 27.7. The molecule has 1 aromatic carbocycles. The van der Waals surface area contributed by atoms with Gasteiger partial charge < -0.3 is 10.1 Å². The number of aromatic nitrogens is 2. The van der Waals surface area contributed by atoms with Crippen molar-refractivity contribution in [1.82, 2.24) is 9.38 Å². The third-order valence-corrected chi connectivity index (χ3v) is 2.71. The summed E-state index contributed by atoms with van der Waals surface area (Å²) in [4.78, 5) is 4.31. The minimum Gasteiger partial charge on any atom is -0.396 e. The molecule has 0 radical (unpaired) electrons. The highest BCUT2D eigenvalue weighted by Crippen LogP contribution is 2.23. The minimum absolute atomic E-state index is 0.0655. The van der Waals surface area contributed by atoms with Crippen molar-refractivity contribution in [2.75, 3.05) is 5.73 Å². The van der Waals surface area contributed by atoms with E-state index < -0.39 is 5.82 Å². The van der Waals surface area contributed by atoms with Gasteiger partial charge in [0, 0.05) is 18.0 Å². The quantitative estimate of drug-likeness (QED) is 0.670. The highest BCUT2D eigenvalue weighted by molar-refractivity contribution is 5.66. The van der Waals surface area contributed by atoms with Crippen LogP contribution in [0.15, 0.2) is 42.7 Å². The number of nitrogens with zero attached hydrogens (tertiary/aromatic N) is 2. The Kier molecular flexibility index (Phi) is 2.26. The van der Waals surface area contributed by atoms with Crippen LogP contribution in [0.3, 0.4) is 0 Å². The van der Waals surface area contributed by atoms with Gasteiger partial charge in [0.2, 0.25) is 0 Å². The van der Waals surface area contributed by atoms with Crippen LogP contribution < -0.4 is 5.73 Å². The normalized spacial score (nSPS) is 11.0. The molecule has 0 aliphatic heterocycles.